The van der Waals surface area contributed by atoms with Gasteiger partial charge in [0.2, 0.25) is 0 Å². The van der Waals surface area contributed by atoms with E-state index in [2.05, 4.69) is 29.3 Å². The molecule has 7 nitrogen and oxygen atoms in total. The third-order valence-electron chi connectivity index (χ3n) is 6.12. The Morgan fingerprint density at radius 1 is 0.971 bits per heavy atom. The number of aliphatic imine (C=N–C) groups is 1. The summed E-state index contributed by atoms with van der Waals surface area (Å²) < 4.78 is 11.6. The molecule has 5 rings (SSSR count). The van der Waals surface area contributed by atoms with Crippen molar-refractivity contribution >= 4 is 23.2 Å². The molecule has 34 heavy (non-hydrogen) atoms. The standard InChI is InChI=1S/C27H28N4O3/c1-19-12-13-23-20(18-19)26(28-22-9-4-6-11-25(22)34-23)30-14-7-15-31(17-16-30)27(32)29-21-8-3-5-10-24(21)33-2/h3-6,8-13,18H,7,14-17H2,1-2H3,(H,29,32). The number of nitrogens with one attached hydrogen (secondary N) is 1. The zero-order valence-corrected chi connectivity index (χ0v) is 19.5. The second kappa shape index (κ2) is 9.47. The van der Waals surface area contributed by atoms with E-state index >= 15 is 0 Å². The van der Waals surface area contributed by atoms with E-state index in [1.165, 1.54) is 0 Å². The Bertz CT molecular complexity index is 1240. The number of amides is 2. The lowest BCUT2D eigenvalue weighted by atomic mass is 10.1. The van der Waals surface area contributed by atoms with Crippen molar-refractivity contribution < 1.29 is 14.3 Å². The molecule has 2 aliphatic rings. The first-order valence-corrected chi connectivity index (χ1v) is 11.5. The molecule has 174 valence electrons. The Kier molecular flexibility index (Phi) is 6.08. The zero-order valence-electron chi connectivity index (χ0n) is 19.5. The highest BCUT2D eigenvalue weighted by Crippen LogP contribution is 2.38. The van der Waals surface area contributed by atoms with Crippen LogP contribution in [0.3, 0.4) is 0 Å². The number of aryl methyl sites for hydroxylation is 1. The minimum Gasteiger partial charge on any atom is -0.495 e. The molecule has 0 aliphatic carbocycles. The fourth-order valence-corrected chi connectivity index (χ4v) is 4.35. The number of hydrogen-bond acceptors (Lipinski definition) is 5. The van der Waals surface area contributed by atoms with Crippen molar-refractivity contribution in [3.63, 3.8) is 0 Å². The van der Waals surface area contributed by atoms with Crippen molar-refractivity contribution in [3.05, 3.63) is 77.9 Å². The second-order valence-electron chi connectivity index (χ2n) is 8.46. The molecular formula is C27H28N4O3. The lowest BCUT2D eigenvalue weighted by Crippen LogP contribution is -2.39. The van der Waals surface area contributed by atoms with Crippen LogP contribution in [0.15, 0.2) is 71.7 Å². The summed E-state index contributed by atoms with van der Waals surface area (Å²) in [5.74, 6) is 3.07. The molecule has 7 heteroatoms. The van der Waals surface area contributed by atoms with Gasteiger partial charge in [0.1, 0.15) is 23.0 Å². The van der Waals surface area contributed by atoms with Gasteiger partial charge in [-0.1, -0.05) is 35.9 Å². The number of hydrogen-bond donors (Lipinski definition) is 1. The SMILES string of the molecule is COc1ccccc1NC(=O)N1CCCN(C2=Nc3ccccc3Oc3ccc(C)cc32)CC1. The van der Waals surface area contributed by atoms with Gasteiger partial charge in [-0.3, -0.25) is 0 Å². The summed E-state index contributed by atoms with van der Waals surface area (Å²) in [6.45, 7) is 4.80. The van der Waals surface area contributed by atoms with Crippen LogP contribution in [0, 0.1) is 6.92 Å². The van der Waals surface area contributed by atoms with Gasteiger partial charge in [-0.15, -0.1) is 0 Å². The fraction of sp³-hybridized carbons (Fsp3) is 0.259. The Hall–Kier alpha value is -4.00. The van der Waals surface area contributed by atoms with Crippen LogP contribution in [0.25, 0.3) is 0 Å². The third kappa shape index (κ3) is 4.41. The Labute approximate surface area is 199 Å². The van der Waals surface area contributed by atoms with Gasteiger partial charge >= 0.3 is 6.03 Å². The number of methoxy groups -OCH3 is 1. The molecule has 1 fully saturated rings. The molecule has 2 amide bonds. The van der Waals surface area contributed by atoms with E-state index in [4.69, 9.17) is 14.5 Å². The molecule has 1 N–H and O–H groups in total. The number of carbonyl (C=O) groups is 1. The highest BCUT2D eigenvalue weighted by molar-refractivity contribution is 6.04. The van der Waals surface area contributed by atoms with E-state index in [9.17, 15) is 4.79 Å². The summed E-state index contributed by atoms with van der Waals surface area (Å²) in [5, 5.41) is 2.99. The number of benzene rings is 3. The molecule has 0 spiro atoms. The summed E-state index contributed by atoms with van der Waals surface area (Å²) in [7, 11) is 1.60. The Morgan fingerprint density at radius 2 is 1.79 bits per heavy atom. The maximum Gasteiger partial charge on any atom is 0.322 e. The van der Waals surface area contributed by atoms with Gasteiger partial charge in [0, 0.05) is 26.2 Å². The molecule has 2 aliphatic heterocycles. The molecule has 3 aromatic rings. The molecule has 0 saturated carbocycles. The normalized spacial score (nSPS) is 15.2. The topological polar surface area (TPSA) is 66.4 Å². The van der Waals surface area contributed by atoms with Crippen molar-refractivity contribution in [2.75, 3.05) is 38.6 Å². The smallest absolute Gasteiger partial charge is 0.322 e. The predicted molar refractivity (Wildman–Crippen MR) is 134 cm³/mol. The molecule has 0 atom stereocenters. The summed E-state index contributed by atoms with van der Waals surface area (Å²) in [6.07, 6.45) is 0.835. The van der Waals surface area contributed by atoms with Crippen molar-refractivity contribution in [1.82, 2.24) is 9.80 Å². The van der Waals surface area contributed by atoms with Crippen molar-refractivity contribution in [2.24, 2.45) is 4.99 Å². The second-order valence-corrected chi connectivity index (χ2v) is 8.46. The first-order chi connectivity index (χ1) is 16.6. The van der Waals surface area contributed by atoms with Gasteiger partial charge in [-0.05, 0) is 49.7 Å². The maximum atomic E-state index is 13.0. The van der Waals surface area contributed by atoms with Crippen molar-refractivity contribution in [2.45, 2.75) is 13.3 Å². The van der Waals surface area contributed by atoms with Crippen LogP contribution in [0.1, 0.15) is 17.5 Å². The first-order valence-electron chi connectivity index (χ1n) is 11.5. The summed E-state index contributed by atoms with van der Waals surface area (Å²) >= 11 is 0. The molecule has 2 heterocycles. The number of rotatable bonds is 2. The minimum atomic E-state index is -0.126. The lowest BCUT2D eigenvalue weighted by molar-refractivity contribution is 0.214. The maximum absolute atomic E-state index is 13.0. The van der Waals surface area contributed by atoms with Crippen LogP contribution in [-0.2, 0) is 0 Å². The van der Waals surface area contributed by atoms with E-state index in [0.717, 1.165) is 47.1 Å². The molecule has 3 aromatic carbocycles. The van der Waals surface area contributed by atoms with Gasteiger partial charge in [-0.2, -0.15) is 0 Å². The average molecular weight is 457 g/mol. The highest BCUT2D eigenvalue weighted by atomic mass is 16.5. The predicted octanol–water partition coefficient (Wildman–Crippen LogP) is 5.43. The van der Waals surface area contributed by atoms with E-state index in [0.29, 0.717) is 31.1 Å². The van der Waals surface area contributed by atoms with Gasteiger partial charge in [0.15, 0.2) is 5.75 Å². The first kappa shape index (κ1) is 21.8. The summed E-state index contributed by atoms with van der Waals surface area (Å²) in [4.78, 5) is 22.2. The van der Waals surface area contributed by atoms with Gasteiger partial charge in [0.05, 0.1) is 18.4 Å². The van der Waals surface area contributed by atoms with Crippen LogP contribution in [-0.4, -0.2) is 55.0 Å². The lowest BCUT2D eigenvalue weighted by Gasteiger charge is -2.25. The summed E-state index contributed by atoms with van der Waals surface area (Å²) in [5.41, 5.74) is 3.60. The quantitative estimate of drug-likeness (QED) is 0.559. The molecule has 0 aromatic heterocycles. The number of anilines is 1. The number of fused-ring (bicyclic) bond motifs is 2. The van der Waals surface area contributed by atoms with Crippen LogP contribution >= 0.6 is 0 Å². The third-order valence-corrected chi connectivity index (χ3v) is 6.12. The summed E-state index contributed by atoms with van der Waals surface area (Å²) in [6, 6.07) is 21.3. The van der Waals surface area contributed by atoms with Crippen LogP contribution in [0.5, 0.6) is 17.2 Å². The number of ether oxygens (including phenoxy) is 2. The van der Waals surface area contributed by atoms with Crippen LogP contribution in [0.4, 0.5) is 16.2 Å². The van der Waals surface area contributed by atoms with E-state index in [1.54, 1.807) is 7.11 Å². The molecule has 0 unspecified atom stereocenters. The zero-order chi connectivity index (χ0) is 23.5. The van der Waals surface area contributed by atoms with Gasteiger partial charge in [0.25, 0.3) is 0 Å². The molecule has 1 saturated heterocycles. The van der Waals surface area contributed by atoms with E-state index in [-0.39, 0.29) is 6.03 Å². The Balaban J connectivity index is 1.38. The number of nitrogens with zero attached hydrogens (tertiary/aromatic N) is 3. The number of carbonyl (C=O) groups excluding carboxylic acids is 1. The Morgan fingerprint density at radius 3 is 2.68 bits per heavy atom. The van der Waals surface area contributed by atoms with Crippen LogP contribution < -0.4 is 14.8 Å². The average Bonchev–Trinajstić information content (AvgIpc) is 3.19. The number of para-hydroxylation sites is 4. The molecule has 0 radical (unpaired) electrons. The van der Waals surface area contributed by atoms with Gasteiger partial charge < -0.3 is 24.6 Å². The number of amidine groups is 1. The monoisotopic (exact) mass is 456 g/mol. The number of urea groups is 1. The largest absolute Gasteiger partial charge is 0.495 e. The highest BCUT2D eigenvalue weighted by Gasteiger charge is 2.26. The van der Waals surface area contributed by atoms with Gasteiger partial charge in [-0.25, -0.2) is 9.79 Å². The fourth-order valence-electron chi connectivity index (χ4n) is 4.35. The van der Waals surface area contributed by atoms with Crippen molar-refractivity contribution in [1.29, 1.82) is 0 Å². The van der Waals surface area contributed by atoms with Crippen LogP contribution in [0.2, 0.25) is 0 Å². The minimum absolute atomic E-state index is 0.126. The van der Waals surface area contributed by atoms with E-state index < -0.39 is 0 Å². The van der Waals surface area contributed by atoms with E-state index in [1.807, 2.05) is 59.5 Å². The van der Waals surface area contributed by atoms with Crippen molar-refractivity contribution in [3.8, 4) is 17.2 Å². The molecular weight excluding hydrogens is 428 g/mol. The molecule has 0 bridgehead atoms.